The number of benzene rings is 2. The van der Waals surface area contributed by atoms with Crippen LogP contribution in [-0.4, -0.2) is 35.0 Å². The summed E-state index contributed by atoms with van der Waals surface area (Å²) >= 11 is 0. The molecule has 5 nitrogen and oxygen atoms in total. The number of hydrogen-bond donors (Lipinski definition) is 3. The Hall–Kier alpha value is -3.05. The van der Waals surface area contributed by atoms with Gasteiger partial charge in [-0.2, -0.15) is 0 Å². The molecule has 2 aromatic carbocycles. The van der Waals surface area contributed by atoms with E-state index in [9.17, 15) is 15.0 Å². The fraction of sp³-hybridized carbons (Fsp3) is 0.150. The lowest BCUT2D eigenvalue weighted by Crippen LogP contribution is -2.06. The minimum Gasteiger partial charge on any atom is -0.508 e. The van der Waals surface area contributed by atoms with Crippen LogP contribution in [0.15, 0.2) is 48.0 Å². The Balaban J connectivity index is 2.30. The number of carbonyl (C=O) groups excluding carboxylic acids is 1. The first-order valence-corrected chi connectivity index (χ1v) is 7.72. The molecule has 0 aromatic heterocycles. The Morgan fingerprint density at radius 3 is 2.24 bits per heavy atom. The molecule has 0 aliphatic carbocycles. The molecule has 130 valence electrons. The van der Waals surface area contributed by atoms with E-state index in [2.05, 4.69) is 0 Å². The molecule has 0 fully saturated rings. The highest BCUT2D eigenvalue weighted by molar-refractivity contribution is 5.93. The average molecular weight is 340 g/mol. The first-order valence-electron chi connectivity index (χ1n) is 7.72. The van der Waals surface area contributed by atoms with Crippen LogP contribution in [0.25, 0.3) is 18.2 Å². The van der Waals surface area contributed by atoms with Gasteiger partial charge in [-0.05, 0) is 53.1 Å². The predicted molar refractivity (Wildman–Crippen MR) is 96.8 cm³/mol. The van der Waals surface area contributed by atoms with Crippen molar-refractivity contribution >= 4 is 24.2 Å². The van der Waals surface area contributed by atoms with Gasteiger partial charge in [0.1, 0.15) is 11.5 Å². The maximum Gasteiger partial charge on any atom is 0.333 e. The lowest BCUT2D eigenvalue weighted by atomic mass is 10.0. The summed E-state index contributed by atoms with van der Waals surface area (Å²) in [5, 5.41) is 28.3. The summed E-state index contributed by atoms with van der Waals surface area (Å²) in [5.41, 5.74) is 2.59. The number of phenolic OH excluding ortho intramolecular Hbond substituents is 2. The molecule has 0 saturated carbocycles. The van der Waals surface area contributed by atoms with Crippen molar-refractivity contribution in [1.29, 1.82) is 0 Å². The largest absolute Gasteiger partial charge is 0.508 e. The number of carbonyl (C=O) groups is 1. The standard InChI is InChI=1S/C20H20O5/c1-25-20(24)17(8-9-21)11-16-10-15(12-19(23)13-16)3-2-14-4-6-18(22)7-5-14/h2-7,10-13,21-23H,8-9H2,1H3. The van der Waals surface area contributed by atoms with E-state index in [0.29, 0.717) is 11.1 Å². The van der Waals surface area contributed by atoms with Crippen molar-refractivity contribution in [3.63, 3.8) is 0 Å². The van der Waals surface area contributed by atoms with Gasteiger partial charge in [-0.15, -0.1) is 0 Å². The Morgan fingerprint density at radius 1 is 0.960 bits per heavy atom. The number of hydrogen-bond acceptors (Lipinski definition) is 5. The molecule has 0 heterocycles. The lowest BCUT2D eigenvalue weighted by molar-refractivity contribution is -0.136. The third-order valence-corrected chi connectivity index (χ3v) is 3.49. The van der Waals surface area contributed by atoms with Gasteiger partial charge in [0.2, 0.25) is 0 Å². The first kappa shape index (κ1) is 18.3. The van der Waals surface area contributed by atoms with Crippen LogP contribution < -0.4 is 0 Å². The molecule has 3 N–H and O–H groups in total. The molecule has 2 aromatic rings. The third kappa shape index (κ3) is 5.51. The summed E-state index contributed by atoms with van der Waals surface area (Å²) in [6.07, 6.45) is 5.41. The molecule has 0 aliphatic rings. The highest BCUT2D eigenvalue weighted by Crippen LogP contribution is 2.21. The molecule has 2 rings (SSSR count). The van der Waals surface area contributed by atoms with E-state index < -0.39 is 5.97 Å². The number of phenols is 2. The van der Waals surface area contributed by atoms with E-state index in [1.165, 1.54) is 13.2 Å². The second-order valence-electron chi connectivity index (χ2n) is 5.42. The number of rotatable bonds is 6. The van der Waals surface area contributed by atoms with Gasteiger partial charge in [0, 0.05) is 18.6 Å². The van der Waals surface area contributed by atoms with Gasteiger partial charge in [0.25, 0.3) is 0 Å². The van der Waals surface area contributed by atoms with Gasteiger partial charge in [0.15, 0.2) is 0 Å². The van der Waals surface area contributed by atoms with Crippen molar-refractivity contribution < 1.29 is 24.9 Å². The minimum absolute atomic E-state index is 0.0623. The summed E-state index contributed by atoms with van der Waals surface area (Å²) in [7, 11) is 1.28. The lowest BCUT2D eigenvalue weighted by Gasteiger charge is -2.05. The summed E-state index contributed by atoms with van der Waals surface area (Å²) in [5.74, 6) is -0.257. The second-order valence-corrected chi connectivity index (χ2v) is 5.42. The van der Waals surface area contributed by atoms with Crippen LogP contribution in [0.5, 0.6) is 11.5 Å². The molecular formula is C20H20O5. The SMILES string of the molecule is COC(=O)C(=Cc1cc(O)cc(C=Cc2ccc(O)cc2)c1)CCO. The van der Waals surface area contributed by atoms with Crippen LogP contribution in [0, 0.1) is 0 Å². The van der Waals surface area contributed by atoms with Crippen LogP contribution in [0.4, 0.5) is 0 Å². The molecule has 0 amide bonds. The van der Waals surface area contributed by atoms with E-state index >= 15 is 0 Å². The summed E-state index contributed by atoms with van der Waals surface area (Å²) in [6.45, 7) is -0.173. The highest BCUT2D eigenvalue weighted by Gasteiger charge is 2.09. The normalized spacial score (nSPS) is 11.7. The summed E-state index contributed by atoms with van der Waals surface area (Å²) in [6, 6.07) is 11.6. The summed E-state index contributed by atoms with van der Waals surface area (Å²) < 4.78 is 4.70. The Kier molecular flexibility index (Phi) is 6.37. The molecule has 0 saturated heterocycles. The molecule has 25 heavy (non-hydrogen) atoms. The molecule has 0 spiro atoms. The Morgan fingerprint density at radius 2 is 1.60 bits per heavy atom. The molecule has 0 atom stereocenters. The van der Waals surface area contributed by atoms with E-state index in [0.717, 1.165) is 11.1 Å². The molecule has 0 radical (unpaired) electrons. The van der Waals surface area contributed by atoms with Crippen LogP contribution in [0.2, 0.25) is 0 Å². The van der Waals surface area contributed by atoms with Crippen molar-refractivity contribution in [2.75, 3.05) is 13.7 Å². The molecule has 0 unspecified atom stereocenters. The van der Waals surface area contributed by atoms with E-state index in [4.69, 9.17) is 9.84 Å². The minimum atomic E-state index is -0.515. The quantitative estimate of drug-likeness (QED) is 0.427. The number of aliphatic hydroxyl groups is 1. The predicted octanol–water partition coefficient (Wildman–Crippen LogP) is 3.21. The van der Waals surface area contributed by atoms with Crippen molar-refractivity contribution in [3.05, 3.63) is 64.7 Å². The number of aromatic hydroxyl groups is 2. The number of aliphatic hydroxyl groups excluding tert-OH is 1. The van der Waals surface area contributed by atoms with E-state index in [1.807, 2.05) is 12.2 Å². The Bertz CT molecular complexity index is 788. The zero-order chi connectivity index (χ0) is 18.2. The highest BCUT2D eigenvalue weighted by atomic mass is 16.5. The maximum atomic E-state index is 11.7. The van der Waals surface area contributed by atoms with Crippen LogP contribution >= 0.6 is 0 Å². The van der Waals surface area contributed by atoms with E-state index in [-0.39, 0.29) is 24.5 Å². The third-order valence-electron chi connectivity index (χ3n) is 3.49. The monoisotopic (exact) mass is 340 g/mol. The second kappa shape index (κ2) is 8.70. The number of ether oxygens (including phenoxy) is 1. The van der Waals surface area contributed by atoms with Crippen LogP contribution in [0.1, 0.15) is 23.1 Å². The molecule has 5 heteroatoms. The van der Waals surface area contributed by atoms with Gasteiger partial charge in [-0.1, -0.05) is 24.3 Å². The molecule has 0 bridgehead atoms. The van der Waals surface area contributed by atoms with Crippen molar-refractivity contribution in [3.8, 4) is 11.5 Å². The van der Waals surface area contributed by atoms with Gasteiger partial charge in [-0.3, -0.25) is 0 Å². The van der Waals surface area contributed by atoms with Gasteiger partial charge >= 0.3 is 5.97 Å². The fourth-order valence-corrected chi connectivity index (χ4v) is 2.30. The van der Waals surface area contributed by atoms with E-state index in [1.54, 1.807) is 42.5 Å². The number of esters is 1. The number of methoxy groups -OCH3 is 1. The van der Waals surface area contributed by atoms with Gasteiger partial charge in [-0.25, -0.2) is 4.79 Å². The average Bonchev–Trinajstić information content (AvgIpc) is 2.60. The summed E-state index contributed by atoms with van der Waals surface area (Å²) in [4.78, 5) is 11.7. The van der Waals surface area contributed by atoms with Crippen molar-refractivity contribution in [2.24, 2.45) is 0 Å². The first-order chi connectivity index (χ1) is 12.0. The van der Waals surface area contributed by atoms with Gasteiger partial charge in [0.05, 0.1) is 7.11 Å². The zero-order valence-corrected chi connectivity index (χ0v) is 13.8. The Labute approximate surface area is 146 Å². The topological polar surface area (TPSA) is 87.0 Å². The maximum absolute atomic E-state index is 11.7. The van der Waals surface area contributed by atoms with Crippen LogP contribution in [0.3, 0.4) is 0 Å². The van der Waals surface area contributed by atoms with Crippen molar-refractivity contribution in [1.82, 2.24) is 0 Å². The molecular weight excluding hydrogens is 320 g/mol. The fourth-order valence-electron chi connectivity index (χ4n) is 2.30. The van der Waals surface area contributed by atoms with Gasteiger partial charge < -0.3 is 20.1 Å². The van der Waals surface area contributed by atoms with Crippen molar-refractivity contribution in [2.45, 2.75) is 6.42 Å². The van der Waals surface area contributed by atoms with Crippen LogP contribution in [-0.2, 0) is 9.53 Å². The molecule has 0 aliphatic heterocycles. The smallest absolute Gasteiger partial charge is 0.333 e. The zero-order valence-electron chi connectivity index (χ0n) is 13.8.